The van der Waals surface area contributed by atoms with Gasteiger partial charge in [0.2, 0.25) is 0 Å². The van der Waals surface area contributed by atoms with Crippen molar-refractivity contribution in [2.45, 2.75) is 84.2 Å². The summed E-state index contributed by atoms with van der Waals surface area (Å²) in [5.41, 5.74) is 0.715. The van der Waals surface area contributed by atoms with E-state index in [-0.39, 0.29) is 28.0 Å². The molecule has 0 bridgehead atoms. The van der Waals surface area contributed by atoms with Gasteiger partial charge in [0.05, 0.1) is 0 Å². The molecular formula is C19H32NO3. The number of benzene rings is 1. The minimum atomic E-state index is -0.151. The Morgan fingerprint density at radius 3 is 1.78 bits per heavy atom. The molecule has 1 aliphatic rings. The van der Waals surface area contributed by atoms with E-state index in [9.17, 15) is 10.3 Å². The fourth-order valence-electron chi connectivity index (χ4n) is 2.97. The second-order valence-corrected chi connectivity index (χ2v) is 8.73. The van der Waals surface area contributed by atoms with Crippen molar-refractivity contribution in [1.82, 2.24) is 5.06 Å². The van der Waals surface area contributed by atoms with Gasteiger partial charge in [0.15, 0.2) is 11.5 Å². The molecule has 1 radical (unpaired) electrons. The van der Waals surface area contributed by atoms with Gasteiger partial charge in [-0.25, -0.2) is 0 Å². The minimum absolute atomic E-state index is 0.00514. The molecule has 2 rings (SSSR count). The van der Waals surface area contributed by atoms with Crippen LogP contribution in [0.4, 0.5) is 0 Å². The molecule has 4 heteroatoms. The highest BCUT2D eigenvalue weighted by molar-refractivity contribution is 5.42. The fourth-order valence-corrected chi connectivity index (χ4v) is 2.97. The van der Waals surface area contributed by atoms with Gasteiger partial charge in [0.25, 0.3) is 0 Å². The second-order valence-electron chi connectivity index (χ2n) is 8.73. The molecular weight excluding hydrogens is 290 g/mol. The fraction of sp³-hybridized carbons (Fsp3) is 0.684. The summed E-state index contributed by atoms with van der Waals surface area (Å²) in [5, 5.41) is 31.2. The molecule has 1 heterocycles. The van der Waals surface area contributed by atoms with Gasteiger partial charge in [0.1, 0.15) is 0 Å². The van der Waals surface area contributed by atoms with E-state index in [1.165, 1.54) is 17.6 Å². The molecule has 2 N–H and O–H groups in total. The van der Waals surface area contributed by atoms with Crippen LogP contribution in [0, 0.1) is 0 Å². The lowest BCUT2D eigenvalue weighted by Gasteiger charge is -2.46. The number of aromatic hydroxyl groups is 2. The monoisotopic (exact) mass is 322 g/mol. The number of hydrogen-bond donors (Lipinski definition) is 2. The molecule has 1 saturated heterocycles. The molecule has 0 aromatic heterocycles. The van der Waals surface area contributed by atoms with Crippen molar-refractivity contribution < 1.29 is 15.4 Å². The second kappa shape index (κ2) is 6.70. The van der Waals surface area contributed by atoms with Gasteiger partial charge in [0, 0.05) is 11.1 Å². The van der Waals surface area contributed by atoms with E-state index in [0.29, 0.717) is 0 Å². The predicted molar refractivity (Wildman–Crippen MR) is 93.0 cm³/mol. The van der Waals surface area contributed by atoms with Crippen molar-refractivity contribution in [2.75, 3.05) is 0 Å². The summed E-state index contributed by atoms with van der Waals surface area (Å²) in [5.74, 6) is -0.120. The first-order chi connectivity index (χ1) is 10.3. The molecule has 1 fully saturated rings. The van der Waals surface area contributed by atoms with Crippen molar-refractivity contribution in [2.24, 2.45) is 0 Å². The quantitative estimate of drug-likeness (QED) is 0.676. The van der Waals surface area contributed by atoms with Crippen LogP contribution < -0.4 is 0 Å². The Labute approximate surface area is 140 Å². The molecule has 1 aromatic carbocycles. The summed E-state index contributed by atoms with van der Waals surface area (Å²) >= 11 is 0. The largest absolute Gasteiger partial charge is 0.504 e. The van der Waals surface area contributed by atoms with Crippen molar-refractivity contribution in [3.63, 3.8) is 0 Å². The van der Waals surface area contributed by atoms with Gasteiger partial charge in [-0.1, -0.05) is 26.8 Å². The lowest BCUT2D eigenvalue weighted by Crippen LogP contribution is -2.55. The topological polar surface area (TPSA) is 63.6 Å². The number of nitrogens with zero attached hydrogens (tertiary/aromatic N) is 1. The van der Waals surface area contributed by atoms with Crippen LogP contribution in [0.2, 0.25) is 0 Å². The van der Waals surface area contributed by atoms with Crippen LogP contribution in [-0.2, 0) is 10.6 Å². The van der Waals surface area contributed by atoms with Crippen LogP contribution in [0.15, 0.2) is 18.2 Å². The molecule has 1 aliphatic heterocycles. The summed E-state index contributed by atoms with van der Waals surface area (Å²) in [7, 11) is 0. The molecule has 0 aliphatic carbocycles. The van der Waals surface area contributed by atoms with Gasteiger partial charge in [-0.3, -0.25) is 0 Å². The zero-order valence-electron chi connectivity index (χ0n) is 15.6. The minimum Gasteiger partial charge on any atom is -0.504 e. The summed E-state index contributed by atoms with van der Waals surface area (Å²) in [4.78, 5) is 0. The van der Waals surface area contributed by atoms with E-state index >= 15 is 0 Å². The first-order valence-electron chi connectivity index (χ1n) is 8.27. The number of hydroxylamine groups is 2. The highest BCUT2D eigenvalue weighted by atomic mass is 16.5. The molecule has 1 aromatic rings. The Morgan fingerprint density at radius 1 is 0.957 bits per heavy atom. The van der Waals surface area contributed by atoms with Gasteiger partial charge in [-0.05, 0) is 70.1 Å². The first-order valence-corrected chi connectivity index (χ1v) is 8.27. The van der Waals surface area contributed by atoms with E-state index < -0.39 is 0 Å². The lowest BCUT2D eigenvalue weighted by molar-refractivity contribution is -0.286. The number of rotatable bonds is 0. The standard InChI is InChI=1S/C10H14O2.C9H18NO/c1-10(2,3)7-4-5-8(11)9(12)6-7;1-8(2)6-5-7-9(3,4)10(8)11/h4-6,11-12H,1-3H3;5-7H2,1-4H3. The third kappa shape index (κ3) is 5.11. The maximum atomic E-state index is 11.7. The van der Waals surface area contributed by atoms with Gasteiger partial charge in [-0.2, -0.15) is 0 Å². The number of phenols is 2. The third-order valence-corrected chi connectivity index (χ3v) is 4.52. The smallest absolute Gasteiger partial charge is 0.157 e. The average molecular weight is 322 g/mol. The van der Waals surface area contributed by atoms with Crippen molar-refractivity contribution in [3.05, 3.63) is 23.8 Å². The first kappa shape index (κ1) is 19.8. The maximum absolute atomic E-state index is 11.7. The summed E-state index contributed by atoms with van der Waals surface area (Å²) in [6, 6.07) is 4.92. The van der Waals surface area contributed by atoms with Crippen molar-refractivity contribution >= 4 is 0 Å². The zero-order valence-corrected chi connectivity index (χ0v) is 15.6. The molecule has 0 saturated carbocycles. The molecule has 0 amide bonds. The van der Waals surface area contributed by atoms with Crippen LogP contribution in [0.3, 0.4) is 0 Å². The van der Waals surface area contributed by atoms with Crippen LogP contribution in [0.25, 0.3) is 0 Å². The number of hydrogen-bond acceptors (Lipinski definition) is 3. The van der Waals surface area contributed by atoms with E-state index in [4.69, 9.17) is 5.11 Å². The lowest BCUT2D eigenvalue weighted by atomic mass is 9.82. The Hall–Kier alpha value is -1.26. The average Bonchev–Trinajstić information content (AvgIpc) is 2.38. The van der Waals surface area contributed by atoms with Crippen molar-refractivity contribution in [1.29, 1.82) is 0 Å². The van der Waals surface area contributed by atoms with E-state index in [1.54, 1.807) is 6.07 Å². The molecule has 0 atom stereocenters. The molecule has 131 valence electrons. The predicted octanol–water partition coefficient (Wildman–Crippen LogP) is 4.77. The normalized spacial score (nSPS) is 20.5. The molecule has 4 nitrogen and oxygen atoms in total. The molecule has 0 unspecified atom stereocenters. The summed E-state index contributed by atoms with van der Waals surface area (Å²) in [6.45, 7) is 14.3. The Balaban J connectivity index is 0.000000231. The maximum Gasteiger partial charge on any atom is 0.157 e. The van der Waals surface area contributed by atoms with E-state index in [1.807, 2.05) is 33.8 Å². The summed E-state index contributed by atoms with van der Waals surface area (Å²) in [6.07, 6.45) is 3.23. The zero-order chi connectivity index (χ0) is 18.1. The Bertz CT molecular complexity index is 514. The Kier molecular flexibility index (Phi) is 5.76. The highest BCUT2D eigenvalue weighted by Crippen LogP contribution is 2.36. The summed E-state index contributed by atoms with van der Waals surface area (Å²) < 4.78 is 0. The van der Waals surface area contributed by atoms with Crippen LogP contribution in [0.1, 0.15) is 73.3 Å². The molecule has 23 heavy (non-hydrogen) atoms. The third-order valence-electron chi connectivity index (χ3n) is 4.52. The van der Waals surface area contributed by atoms with Crippen LogP contribution in [0.5, 0.6) is 11.5 Å². The van der Waals surface area contributed by atoms with Gasteiger partial charge in [-0.15, -0.1) is 10.3 Å². The van der Waals surface area contributed by atoms with E-state index in [2.05, 4.69) is 20.8 Å². The van der Waals surface area contributed by atoms with Crippen molar-refractivity contribution in [3.8, 4) is 11.5 Å². The molecule has 0 spiro atoms. The number of phenolic OH excluding ortho intramolecular Hbond substituents is 2. The van der Waals surface area contributed by atoms with Crippen LogP contribution >= 0.6 is 0 Å². The van der Waals surface area contributed by atoms with Gasteiger partial charge >= 0.3 is 0 Å². The number of piperidine rings is 1. The highest BCUT2D eigenvalue weighted by Gasteiger charge is 2.41. The van der Waals surface area contributed by atoms with Gasteiger partial charge < -0.3 is 10.2 Å². The Morgan fingerprint density at radius 2 is 1.43 bits per heavy atom. The SMILES string of the molecule is CC(C)(C)c1ccc(O)c(O)c1.CC1(C)CCCC(C)(C)N1[O]. The van der Waals surface area contributed by atoms with E-state index in [0.717, 1.165) is 18.4 Å². The van der Waals surface area contributed by atoms with Crippen LogP contribution in [-0.4, -0.2) is 26.4 Å².